The van der Waals surface area contributed by atoms with E-state index in [2.05, 4.69) is 31.0 Å². The van der Waals surface area contributed by atoms with E-state index in [1.165, 1.54) is 5.56 Å². The van der Waals surface area contributed by atoms with Crippen LogP contribution in [0.4, 0.5) is 0 Å². The highest BCUT2D eigenvalue weighted by Crippen LogP contribution is 2.28. The Labute approximate surface area is 153 Å². The van der Waals surface area contributed by atoms with Crippen molar-refractivity contribution in [3.05, 3.63) is 52.8 Å². The highest BCUT2D eigenvalue weighted by Gasteiger charge is 2.26. The maximum atomic E-state index is 12.7. The number of hydrogen-bond acceptors (Lipinski definition) is 3. The van der Waals surface area contributed by atoms with Crippen LogP contribution in [0.5, 0.6) is 0 Å². The highest BCUT2D eigenvalue weighted by molar-refractivity contribution is 5.94. The van der Waals surface area contributed by atoms with Gasteiger partial charge in [0.2, 0.25) is 0 Å². The smallest absolute Gasteiger partial charge is 0.269 e. The minimum absolute atomic E-state index is 0.0753. The fourth-order valence-corrected chi connectivity index (χ4v) is 3.36. The van der Waals surface area contributed by atoms with Crippen LogP contribution in [-0.4, -0.2) is 40.0 Å². The molecule has 6 nitrogen and oxygen atoms in total. The summed E-state index contributed by atoms with van der Waals surface area (Å²) in [6.45, 7) is 7.86. The van der Waals surface area contributed by atoms with E-state index in [0.717, 1.165) is 24.1 Å². The number of rotatable bonds is 3. The maximum Gasteiger partial charge on any atom is 0.269 e. The molecule has 1 aliphatic heterocycles. The average Bonchev–Trinajstić information content (AvgIpc) is 3.11. The van der Waals surface area contributed by atoms with Crippen molar-refractivity contribution >= 4 is 11.8 Å². The lowest BCUT2D eigenvalue weighted by Gasteiger charge is -2.31. The van der Waals surface area contributed by atoms with Gasteiger partial charge in [-0.2, -0.15) is 5.10 Å². The van der Waals surface area contributed by atoms with Gasteiger partial charge in [-0.05, 0) is 42.0 Å². The fourth-order valence-electron chi connectivity index (χ4n) is 3.36. The molecule has 1 saturated heterocycles. The molecule has 0 radical (unpaired) electrons. The van der Waals surface area contributed by atoms with E-state index in [0.29, 0.717) is 13.1 Å². The number of aromatic nitrogens is 2. The highest BCUT2D eigenvalue weighted by atomic mass is 16.2. The molecule has 0 saturated carbocycles. The molecule has 1 aromatic carbocycles. The lowest BCUT2D eigenvalue weighted by molar-refractivity contribution is 0.0712. The number of aromatic amines is 1. The molecule has 1 aliphatic rings. The second-order valence-corrected chi connectivity index (χ2v) is 7.97. The molecule has 0 atom stereocenters. The van der Waals surface area contributed by atoms with Gasteiger partial charge in [-0.15, -0.1) is 0 Å². The molecule has 1 fully saturated rings. The van der Waals surface area contributed by atoms with Crippen molar-refractivity contribution < 1.29 is 9.59 Å². The maximum absolute atomic E-state index is 12.7. The van der Waals surface area contributed by atoms with E-state index >= 15 is 0 Å². The van der Waals surface area contributed by atoms with E-state index in [1.807, 2.05) is 29.2 Å². The Kier molecular flexibility index (Phi) is 4.85. The standard InChI is InChI=1S/C20H26N4O2/c1-20(2,3)15-6-4-14(5-7-15)19(26)24-10-8-13(9-11-24)16-12-17(18(21)25)23-22-16/h4-7,12-13H,8-11H2,1-3H3,(H2,21,25)(H,22,23). The first-order chi connectivity index (χ1) is 12.3. The van der Waals surface area contributed by atoms with Gasteiger partial charge in [0.25, 0.3) is 11.8 Å². The van der Waals surface area contributed by atoms with Gasteiger partial charge in [0.15, 0.2) is 0 Å². The fraction of sp³-hybridized carbons (Fsp3) is 0.450. The number of likely N-dealkylation sites (tertiary alicyclic amines) is 1. The molecule has 0 aliphatic carbocycles. The molecule has 2 amide bonds. The van der Waals surface area contributed by atoms with E-state index in [1.54, 1.807) is 6.07 Å². The SMILES string of the molecule is CC(C)(C)c1ccc(C(=O)N2CCC(c3cc(C(N)=O)n[nH]3)CC2)cc1. The van der Waals surface area contributed by atoms with Crippen molar-refractivity contribution in [1.82, 2.24) is 15.1 Å². The van der Waals surface area contributed by atoms with Crippen LogP contribution < -0.4 is 5.73 Å². The third-order valence-corrected chi connectivity index (χ3v) is 5.07. The number of nitrogens with one attached hydrogen (secondary N) is 1. The van der Waals surface area contributed by atoms with Crippen LogP contribution in [0.2, 0.25) is 0 Å². The van der Waals surface area contributed by atoms with Gasteiger partial charge in [0.1, 0.15) is 5.69 Å². The number of hydrogen-bond donors (Lipinski definition) is 2. The third kappa shape index (κ3) is 3.79. The largest absolute Gasteiger partial charge is 0.364 e. The minimum atomic E-state index is -0.529. The molecular weight excluding hydrogens is 328 g/mol. The van der Waals surface area contributed by atoms with E-state index in [4.69, 9.17) is 5.73 Å². The molecule has 138 valence electrons. The van der Waals surface area contributed by atoms with Crippen LogP contribution in [0.15, 0.2) is 30.3 Å². The van der Waals surface area contributed by atoms with Crippen LogP contribution in [0.1, 0.15) is 71.6 Å². The molecule has 26 heavy (non-hydrogen) atoms. The number of carbonyl (C=O) groups excluding carboxylic acids is 2. The first-order valence-corrected chi connectivity index (χ1v) is 9.00. The molecule has 2 heterocycles. The summed E-state index contributed by atoms with van der Waals surface area (Å²) in [5.41, 5.74) is 8.45. The summed E-state index contributed by atoms with van der Waals surface area (Å²) in [6, 6.07) is 9.63. The zero-order valence-electron chi connectivity index (χ0n) is 15.6. The van der Waals surface area contributed by atoms with Crippen LogP contribution >= 0.6 is 0 Å². The number of nitrogens with zero attached hydrogens (tertiary/aromatic N) is 2. The second-order valence-electron chi connectivity index (χ2n) is 7.97. The van der Waals surface area contributed by atoms with Gasteiger partial charge >= 0.3 is 0 Å². The molecule has 6 heteroatoms. The van der Waals surface area contributed by atoms with Crippen LogP contribution in [0.25, 0.3) is 0 Å². The van der Waals surface area contributed by atoms with Crippen molar-refractivity contribution in [3.8, 4) is 0 Å². The summed E-state index contributed by atoms with van der Waals surface area (Å²) >= 11 is 0. The average molecular weight is 354 g/mol. The van der Waals surface area contributed by atoms with E-state index in [9.17, 15) is 9.59 Å². The Morgan fingerprint density at radius 1 is 1.15 bits per heavy atom. The third-order valence-electron chi connectivity index (χ3n) is 5.07. The van der Waals surface area contributed by atoms with Gasteiger partial charge in [-0.3, -0.25) is 14.7 Å². The number of piperidine rings is 1. The summed E-state index contributed by atoms with van der Waals surface area (Å²) in [5.74, 6) is -0.187. The van der Waals surface area contributed by atoms with Gasteiger partial charge in [-0.1, -0.05) is 32.9 Å². The van der Waals surface area contributed by atoms with Crippen molar-refractivity contribution in [2.24, 2.45) is 5.73 Å². The Hall–Kier alpha value is -2.63. The number of H-pyrrole nitrogens is 1. The molecule has 3 N–H and O–H groups in total. The predicted molar refractivity (Wildman–Crippen MR) is 100 cm³/mol. The molecule has 3 rings (SSSR count). The second kappa shape index (κ2) is 6.94. The topological polar surface area (TPSA) is 92.1 Å². The number of primary amides is 1. The van der Waals surface area contributed by atoms with Crippen molar-refractivity contribution in [2.75, 3.05) is 13.1 Å². The summed E-state index contributed by atoms with van der Waals surface area (Å²) in [7, 11) is 0. The van der Waals surface area contributed by atoms with Crippen molar-refractivity contribution in [2.45, 2.75) is 44.9 Å². The number of carbonyl (C=O) groups is 2. The Balaban J connectivity index is 1.62. The normalized spacial score (nSPS) is 15.9. The molecule has 0 unspecified atom stereocenters. The zero-order valence-corrected chi connectivity index (χ0v) is 15.6. The Morgan fingerprint density at radius 2 is 1.77 bits per heavy atom. The van der Waals surface area contributed by atoms with Gasteiger partial charge in [-0.25, -0.2) is 0 Å². The Bertz CT molecular complexity index is 794. The van der Waals surface area contributed by atoms with E-state index < -0.39 is 5.91 Å². The summed E-state index contributed by atoms with van der Waals surface area (Å²) in [4.78, 5) is 25.8. The number of benzene rings is 1. The number of amides is 2. The monoisotopic (exact) mass is 354 g/mol. The summed E-state index contributed by atoms with van der Waals surface area (Å²) < 4.78 is 0. The van der Waals surface area contributed by atoms with Crippen molar-refractivity contribution in [3.63, 3.8) is 0 Å². The van der Waals surface area contributed by atoms with Crippen LogP contribution in [0, 0.1) is 0 Å². The first-order valence-electron chi connectivity index (χ1n) is 9.00. The summed E-state index contributed by atoms with van der Waals surface area (Å²) in [6.07, 6.45) is 1.68. The molecule has 0 bridgehead atoms. The lowest BCUT2D eigenvalue weighted by atomic mass is 9.86. The zero-order chi connectivity index (χ0) is 18.9. The first kappa shape index (κ1) is 18.2. The van der Waals surface area contributed by atoms with Crippen LogP contribution in [0.3, 0.4) is 0 Å². The number of nitrogens with two attached hydrogens (primary N) is 1. The van der Waals surface area contributed by atoms with Crippen molar-refractivity contribution in [1.29, 1.82) is 0 Å². The molecule has 1 aromatic heterocycles. The molecule has 2 aromatic rings. The quantitative estimate of drug-likeness (QED) is 0.888. The lowest BCUT2D eigenvalue weighted by Crippen LogP contribution is -2.38. The Morgan fingerprint density at radius 3 is 2.27 bits per heavy atom. The minimum Gasteiger partial charge on any atom is -0.364 e. The van der Waals surface area contributed by atoms with Gasteiger partial charge in [0.05, 0.1) is 0 Å². The summed E-state index contributed by atoms with van der Waals surface area (Å²) in [5, 5.41) is 6.84. The van der Waals surface area contributed by atoms with Gasteiger partial charge in [0, 0.05) is 30.3 Å². The van der Waals surface area contributed by atoms with E-state index in [-0.39, 0.29) is 22.9 Å². The van der Waals surface area contributed by atoms with Crippen LogP contribution in [-0.2, 0) is 5.41 Å². The predicted octanol–water partition coefficient (Wildman–Crippen LogP) is 2.83. The molecular formula is C20H26N4O2. The molecule has 0 spiro atoms. The van der Waals surface area contributed by atoms with Gasteiger partial charge < -0.3 is 10.6 Å².